The predicted octanol–water partition coefficient (Wildman–Crippen LogP) is 3.67. The number of rotatable bonds is 5. The van der Waals surface area contributed by atoms with Gasteiger partial charge in [0.25, 0.3) is 5.56 Å². The standard InChI is InChI=1S/C22H18N4O3S/c1-2-14-8-6-7-11-18(14)26-20(28)16(19(27)25-22(26)29)12-23-21-24-17(13-30-21)15-9-4-3-5-10-15/h3-13,28H,2H2,1H3,(H,25,27,29). The molecule has 150 valence electrons. The van der Waals surface area contributed by atoms with Gasteiger partial charge in [-0.05, 0) is 18.1 Å². The van der Waals surface area contributed by atoms with E-state index in [2.05, 4.69) is 15.0 Å². The Balaban J connectivity index is 1.75. The molecule has 2 heterocycles. The summed E-state index contributed by atoms with van der Waals surface area (Å²) in [5, 5.41) is 13.0. The van der Waals surface area contributed by atoms with Crippen LogP contribution in [0.4, 0.5) is 5.13 Å². The van der Waals surface area contributed by atoms with Gasteiger partial charge in [-0.3, -0.25) is 9.78 Å². The van der Waals surface area contributed by atoms with Gasteiger partial charge in [0, 0.05) is 17.2 Å². The lowest BCUT2D eigenvalue weighted by Crippen LogP contribution is -2.31. The highest BCUT2D eigenvalue weighted by Gasteiger charge is 2.16. The molecule has 0 unspecified atom stereocenters. The number of para-hydroxylation sites is 1. The summed E-state index contributed by atoms with van der Waals surface area (Å²) in [5.74, 6) is -0.465. The summed E-state index contributed by atoms with van der Waals surface area (Å²) in [6, 6.07) is 16.9. The van der Waals surface area contributed by atoms with E-state index < -0.39 is 17.1 Å². The molecule has 0 amide bonds. The molecule has 0 saturated heterocycles. The topological polar surface area (TPSA) is 100 Å². The van der Waals surface area contributed by atoms with E-state index >= 15 is 0 Å². The molecule has 2 aromatic heterocycles. The summed E-state index contributed by atoms with van der Waals surface area (Å²) in [6.45, 7) is 1.95. The molecule has 0 aliphatic carbocycles. The summed E-state index contributed by atoms with van der Waals surface area (Å²) >= 11 is 1.31. The van der Waals surface area contributed by atoms with Crippen LogP contribution in [0.3, 0.4) is 0 Å². The third-order valence-electron chi connectivity index (χ3n) is 4.60. The molecule has 30 heavy (non-hydrogen) atoms. The van der Waals surface area contributed by atoms with E-state index in [1.54, 1.807) is 12.1 Å². The number of H-pyrrole nitrogens is 1. The van der Waals surface area contributed by atoms with Gasteiger partial charge in [-0.25, -0.2) is 19.3 Å². The molecule has 2 N–H and O–H groups in total. The monoisotopic (exact) mass is 418 g/mol. The fourth-order valence-electron chi connectivity index (χ4n) is 3.09. The molecule has 0 atom stereocenters. The number of benzene rings is 2. The molecular formula is C22H18N4O3S. The van der Waals surface area contributed by atoms with Gasteiger partial charge < -0.3 is 5.11 Å². The van der Waals surface area contributed by atoms with E-state index in [4.69, 9.17) is 0 Å². The van der Waals surface area contributed by atoms with Crippen LogP contribution >= 0.6 is 11.3 Å². The van der Waals surface area contributed by atoms with E-state index in [1.165, 1.54) is 17.6 Å². The maximum Gasteiger partial charge on any atom is 0.335 e. The Labute approximate surface area is 175 Å². The Bertz CT molecular complexity index is 1340. The van der Waals surface area contributed by atoms with Crippen LogP contribution in [0.2, 0.25) is 0 Å². The molecule has 7 nitrogen and oxygen atoms in total. The average molecular weight is 418 g/mol. The second-order valence-corrected chi connectivity index (χ2v) is 7.29. The summed E-state index contributed by atoms with van der Waals surface area (Å²) < 4.78 is 1.08. The van der Waals surface area contributed by atoms with Gasteiger partial charge in [-0.1, -0.05) is 55.5 Å². The maximum absolute atomic E-state index is 12.4. The first-order valence-electron chi connectivity index (χ1n) is 9.30. The number of aromatic amines is 1. The molecule has 0 bridgehead atoms. The van der Waals surface area contributed by atoms with E-state index in [0.29, 0.717) is 17.2 Å². The van der Waals surface area contributed by atoms with Gasteiger partial charge in [0.2, 0.25) is 11.0 Å². The van der Waals surface area contributed by atoms with Crippen molar-refractivity contribution < 1.29 is 5.11 Å². The molecule has 0 aliphatic rings. The number of aromatic nitrogens is 3. The van der Waals surface area contributed by atoms with Crippen LogP contribution in [0, 0.1) is 0 Å². The van der Waals surface area contributed by atoms with Gasteiger partial charge >= 0.3 is 5.69 Å². The highest BCUT2D eigenvalue weighted by atomic mass is 32.1. The summed E-state index contributed by atoms with van der Waals surface area (Å²) in [6.07, 6.45) is 1.89. The first kappa shape index (κ1) is 19.5. The van der Waals surface area contributed by atoms with Crippen LogP contribution in [-0.2, 0) is 6.42 Å². The first-order chi connectivity index (χ1) is 14.6. The number of thiazole rings is 1. The van der Waals surface area contributed by atoms with Crippen LogP contribution < -0.4 is 11.2 Å². The first-order valence-corrected chi connectivity index (χ1v) is 10.2. The van der Waals surface area contributed by atoms with Crippen molar-refractivity contribution in [3.63, 3.8) is 0 Å². The Hall–Kier alpha value is -3.78. The molecule has 2 aromatic carbocycles. The highest BCUT2D eigenvalue weighted by Crippen LogP contribution is 2.27. The largest absolute Gasteiger partial charge is 0.493 e. The van der Waals surface area contributed by atoms with Crippen molar-refractivity contribution in [2.24, 2.45) is 4.99 Å². The van der Waals surface area contributed by atoms with Crippen molar-refractivity contribution in [2.45, 2.75) is 13.3 Å². The Morgan fingerprint density at radius 1 is 1.13 bits per heavy atom. The molecule has 4 rings (SSSR count). The van der Waals surface area contributed by atoms with Crippen LogP contribution in [0.25, 0.3) is 16.9 Å². The quantitative estimate of drug-likeness (QED) is 0.483. The van der Waals surface area contributed by atoms with Crippen molar-refractivity contribution in [3.8, 4) is 22.8 Å². The maximum atomic E-state index is 12.4. The smallest absolute Gasteiger partial charge is 0.335 e. The Kier molecular flexibility index (Phi) is 5.40. The number of aryl methyl sites for hydroxylation is 1. The highest BCUT2D eigenvalue weighted by molar-refractivity contribution is 7.13. The molecule has 8 heteroatoms. The minimum Gasteiger partial charge on any atom is -0.493 e. The number of aliphatic imine (C=N–C) groups is 1. The van der Waals surface area contributed by atoms with Crippen molar-refractivity contribution in [2.75, 3.05) is 0 Å². The number of nitrogens with one attached hydrogen (secondary N) is 1. The van der Waals surface area contributed by atoms with Gasteiger partial charge in [0.15, 0.2) is 0 Å². The molecule has 0 saturated carbocycles. The van der Waals surface area contributed by atoms with Crippen LogP contribution in [0.1, 0.15) is 18.1 Å². The second kappa shape index (κ2) is 8.30. The van der Waals surface area contributed by atoms with Gasteiger partial charge in [0.1, 0.15) is 5.56 Å². The molecular weight excluding hydrogens is 400 g/mol. The average Bonchev–Trinajstić information content (AvgIpc) is 3.23. The predicted molar refractivity (Wildman–Crippen MR) is 119 cm³/mol. The minimum absolute atomic E-state index is 0.114. The van der Waals surface area contributed by atoms with Crippen molar-refractivity contribution in [1.82, 2.24) is 14.5 Å². The van der Waals surface area contributed by atoms with Gasteiger partial charge in [-0.2, -0.15) is 0 Å². The number of hydrogen-bond acceptors (Lipinski definition) is 6. The normalized spacial score (nSPS) is 11.2. The van der Waals surface area contributed by atoms with Crippen molar-refractivity contribution in [1.29, 1.82) is 0 Å². The van der Waals surface area contributed by atoms with E-state index in [9.17, 15) is 14.7 Å². The van der Waals surface area contributed by atoms with E-state index in [-0.39, 0.29) is 5.56 Å². The third-order valence-corrected chi connectivity index (χ3v) is 5.35. The molecule has 0 radical (unpaired) electrons. The fourth-order valence-corrected chi connectivity index (χ4v) is 3.76. The third kappa shape index (κ3) is 3.72. The van der Waals surface area contributed by atoms with E-state index in [1.807, 2.05) is 54.8 Å². The zero-order valence-corrected chi connectivity index (χ0v) is 16.9. The van der Waals surface area contributed by atoms with Crippen molar-refractivity contribution in [3.05, 3.63) is 91.9 Å². The number of nitrogens with zero attached hydrogens (tertiary/aromatic N) is 3. The lowest BCUT2D eigenvalue weighted by Gasteiger charge is -2.12. The molecule has 0 aliphatic heterocycles. The number of hydrogen-bond donors (Lipinski definition) is 2. The number of aromatic hydroxyl groups is 1. The van der Waals surface area contributed by atoms with E-state index in [0.717, 1.165) is 21.4 Å². The molecule has 4 aromatic rings. The van der Waals surface area contributed by atoms with Crippen LogP contribution in [0.15, 0.2) is 74.6 Å². The summed E-state index contributed by atoms with van der Waals surface area (Å²) in [4.78, 5) is 35.6. The van der Waals surface area contributed by atoms with Crippen molar-refractivity contribution >= 4 is 22.7 Å². The zero-order chi connectivity index (χ0) is 21.1. The molecule has 0 fully saturated rings. The lowest BCUT2D eigenvalue weighted by atomic mass is 10.1. The fraction of sp³-hybridized carbons (Fsp3) is 0.0909. The zero-order valence-electron chi connectivity index (χ0n) is 16.1. The van der Waals surface area contributed by atoms with Crippen LogP contribution in [0.5, 0.6) is 5.88 Å². The van der Waals surface area contributed by atoms with Crippen LogP contribution in [-0.4, -0.2) is 25.9 Å². The minimum atomic E-state index is -0.716. The Morgan fingerprint density at radius 3 is 2.63 bits per heavy atom. The van der Waals surface area contributed by atoms with Gasteiger partial charge in [0.05, 0.1) is 11.4 Å². The summed E-state index contributed by atoms with van der Waals surface area (Å²) in [5.41, 5.74) is 1.55. The summed E-state index contributed by atoms with van der Waals surface area (Å²) in [7, 11) is 0. The lowest BCUT2D eigenvalue weighted by molar-refractivity contribution is 0.429. The second-order valence-electron chi connectivity index (χ2n) is 6.45. The molecule has 0 spiro atoms. The Morgan fingerprint density at radius 2 is 1.87 bits per heavy atom. The van der Waals surface area contributed by atoms with Gasteiger partial charge in [-0.15, -0.1) is 11.3 Å². The SMILES string of the molecule is CCc1ccccc1-n1c(O)c(C=Nc2nc(-c3ccccc3)cs2)c(=O)[nH]c1=O.